The Morgan fingerprint density at radius 2 is 2.00 bits per heavy atom. The molecule has 2 nitrogen and oxygen atoms in total. The van der Waals surface area contributed by atoms with E-state index in [1.54, 1.807) is 0 Å². The van der Waals surface area contributed by atoms with Gasteiger partial charge in [0.2, 0.25) is 0 Å². The average molecular weight is 232 g/mol. The lowest BCUT2D eigenvalue weighted by Crippen LogP contribution is -2.09. The van der Waals surface area contributed by atoms with Crippen molar-refractivity contribution in [1.82, 2.24) is 0 Å². The summed E-state index contributed by atoms with van der Waals surface area (Å²) in [5.74, 6) is -0.151. The van der Waals surface area contributed by atoms with Crippen molar-refractivity contribution in [2.75, 3.05) is 6.61 Å². The molecule has 88 valence electrons. The highest BCUT2D eigenvalue weighted by Crippen LogP contribution is 2.39. The Labute approximate surface area is 90.7 Å². The minimum absolute atomic E-state index is 0.223. The first kappa shape index (κ1) is 11.1. The number of phenols is 1. The standard InChI is InChI=1S/C11H11F3O2/c12-11(13,14)9-4-3-8(15)5-10(9)16-6-7-1-2-7/h3-5,7,15H,1-2,6H2. The molecule has 1 N–H and O–H groups in total. The largest absolute Gasteiger partial charge is 0.508 e. The lowest BCUT2D eigenvalue weighted by atomic mass is 10.2. The smallest absolute Gasteiger partial charge is 0.419 e. The second-order valence-corrected chi connectivity index (χ2v) is 3.93. The van der Waals surface area contributed by atoms with Crippen LogP contribution >= 0.6 is 0 Å². The van der Waals surface area contributed by atoms with Crippen molar-refractivity contribution in [2.24, 2.45) is 5.92 Å². The molecule has 1 saturated carbocycles. The quantitative estimate of drug-likeness (QED) is 0.867. The molecular weight excluding hydrogens is 221 g/mol. The Morgan fingerprint density at radius 1 is 1.31 bits per heavy atom. The van der Waals surface area contributed by atoms with E-state index < -0.39 is 11.7 Å². The minimum Gasteiger partial charge on any atom is -0.508 e. The summed E-state index contributed by atoms with van der Waals surface area (Å²) < 4.78 is 42.8. The summed E-state index contributed by atoms with van der Waals surface area (Å²) >= 11 is 0. The summed E-state index contributed by atoms with van der Waals surface area (Å²) in [7, 11) is 0. The number of alkyl halides is 3. The van der Waals surface area contributed by atoms with Crippen LogP contribution in [-0.4, -0.2) is 11.7 Å². The van der Waals surface area contributed by atoms with Crippen LogP contribution in [0.1, 0.15) is 18.4 Å². The second kappa shape index (κ2) is 3.88. The van der Waals surface area contributed by atoms with Crippen LogP contribution in [0.4, 0.5) is 13.2 Å². The fourth-order valence-electron chi connectivity index (χ4n) is 1.36. The van der Waals surface area contributed by atoms with Gasteiger partial charge in [-0.25, -0.2) is 0 Å². The summed E-state index contributed by atoms with van der Waals surface area (Å²) in [6.07, 6.45) is -2.45. The molecule has 5 heteroatoms. The molecule has 1 aliphatic carbocycles. The molecule has 1 aliphatic rings. The van der Waals surface area contributed by atoms with Crippen LogP contribution in [0, 0.1) is 5.92 Å². The molecule has 16 heavy (non-hydrogen) atoms. The average Bonchev–Trinajstić information content (AvgIpc) is 2.96. The van der Waals surface area contributed by atoms with Gasteiger partial charge in [0.05, 0.1) is 12.2 Å². The van der Waals surface area contributed by atoms with Crippen LogP contribution in [0.3, 0.4) is 0 Å². The number of aromatic hydroxyl groups is 1. The third-order valence-electron chi connectivity index (χ3n) is 2.44. The van der Waals surface area contributed by atoms with Crippen molar-refractivity contribution in [3.05, 3.63) is 23.8 Å². The maximum absolute atomic E-state index is 12.6. The molecule has 0 aliphatic heterocycles. The van der Waals surface area contributed by atoms with Crippen LogP contribution < -0.4 is 4.74 Å². The van der Waals surface area contributed by atoms with E-state index >= 15 is 0 Å². The van der Waals surface area contributed by atoms with Crippen molar-refractivity contribution < 1.29 is 23.0 Å². The van der Waals surface area contributed by atoms with E-state index in [9.17, 15) is 13.2 Å². The van der Waals surface area contributed by atoms with Crippen LogP contribution in [0.5, 0.6) is 11.5 Å². The Balaban J connectivity index is 2.20. The Hall–Kier alpha value is -1.39. The van der Waals surface area contributed by atoms with E-state index in [0.717, 1.165) is 31.0 Å². The third kappa shape index (κ3) is 2.59. The number of rotatable bonds is 3. The normalized spacial score (nSPS) is 16.2. The highest BCUT2D eigenvalue weighted by Gasteiger charge is 2.35. The number of benzene rings is 1. The topological polar surface area (TPSA) is 29.5 Å². The lowest BCUT2D eigenvalue weighted by molar-refractivity contribution is -0.139. The SMILES string of the molecule is Oc1ccc(C(F)(F)F)c(OCC2CC2)c1. The van der Waals surface area contributed by atoms with Gasteiger partial charge in [0.15, 0.2) is 0 Å². The summed E-state index contributed by atoms with van der Waals surface area (Å²) in [5, 5.41) is 9.14. The molecule has 1 fully saturated rings. The first-order valence-corrected chi connectivity index (χ1v) is 5.00. The molecule has 0 radical (unpaired) electrons. The van der Waals surface area contributed by atoms with Gasteiger partial charge in [0.1, 0.15) is 11.5 Å². The summed E-state index contributed by atoms with van der Waals surface area (Å²) in [5.41, 5.74) is -0.842. The molecule has 0 amide bonds. The van der Waals surface area contributed by atoms with Crippen LogP contribution in [0.2, 0.25) is 0 Å². The zero-order valence-corrected chi connectivity index (χ0v) is 8.42. The van der Waals surface area contributed by atoms with Crippen molar-refractivity contribution in [2.45, 2.75) is 19.0 Å². The molecule has 1 aromatic carbocycles. The van der Waals surface area contributed by atoms with E-state index in [0.29, 0.717) is 5.92 Å². The number of phenolic OH excluding ortho intramolecular Hbond substituents is 1. The first-order valence-electron chi connectivity index (χ1n) is 5.00. The van der Waals surface area contributed by atoms with Crippen LogP contribution in [0.15, 0.2) is 18.2 Å². The minimum atomic E-state index is -4.45. The predicted molar refractivity (Wildman–Crippen MR) is 51.3 cm³/mol. The summed E-state index contributed by atoms with van der Waals surface area (Å²) in [6, 6.07) is 2.84. The monoisotopic (exact) mass is 232 g/mol. The van der Waals surface area contributed by atoms with Gasteiger partial charge < -0.3 is 9.84 Å². The van der Waals surface area contributed by atoms with Gasteiger partial charge in [-0.2, -0.15) is 13.2 Å². The maximum atomic E-state index is 12.6. The number of hydrogen-bond acceptors (Lipinski definition) is 2. The Bertz CT molecular complexity index is 383. The van der Waals surface area contributed by atoms with Crippen molar-refractivity contribution in [3.63, 3.8) is 0 Å². The fraction of sp³-hybridized carbons (Fsp3) is 0.455. The zero-order valence-electron chi connectivity index (χ0n) is 8.42. The zero-order chi connectivity index (χ0) is 11.8. The van der Waals surface area contributed by atoms with Crippen LogP contribution in [-0.2, 0) is 6.18 Å². The molecule has 2 rings (SSSR count). The Morgan fingerprint density at radius 3 is 2.56 bits per heavy atom. The van der Waals surface area contributed by atoms with Gasteiger partial charge in [-0.15, -0.1) is 0 Å². The Kier molecular flexibility index (Phi) is 2.69. The lowest BCUT2D eigenvalue weighted by Gasteiger charge is -2.13. The van der Waals surface area contributed by atoms with Crippen molar-refractivity contribution in [1.29, 1.82) is 0 Å². The molecule has 0 saturated heterocycles. The van der Waals surface area contributed by atoms with Gasteiger partial charge in [0.25, 0.3) is 0 Å². The van der Waals surface area contributed by atoms with E-state index in [4.69, 9.17) is 9.84 Å². The van der Waals surface area contributed by atoms with E-state index in [1.165, 1.54) is 0 Å². The van der Waals surface area contributed by atoms with Crippen molar-refractivity contribution >= 4 is 0 Å². The number of ether oxygens (including phenoxy) is 1. The predicted octanol–water partition coefficient (Wildman–Crippen LogP) is 3.20. The highest BCUT2D eigenvalue weighted by molar-refractivity contribution is 5.41. The molecule has 0 spiro atoms. The second-order valence-electron chi connectivity index (χ2n) is 3.93. The first-order chi connectivity index (χ1) is 7.47. The van der Waals surface area contributed by atoms with Gasteiger partial charge >= 0.3 is 6.18 Å². The van der Waals surface area contributed by atoms with Gasteiger partial charge in [-0.05, 0) is 30.9 Å². The summed E-state index contributed by atoms with van der Waals surface area (Å²) in [4.78, 5) is 0. The molecule has 0 aromatic heterocycles. The third-order valence-corrected chi connectivity index (χ3v) is 2.44. The van der Waals surface area contributed by atoms with Crippen LogP contribution in [0.25, 0.3) is 0 Å². The van der Waals surface area contributed by atoms with E-state index in [1.807, 2.05) is 0 Å². The molecule has 0 heterocycles. The molecule has 0 atom stereocenters. The maximum Gasteiger partial charge on any atom is 0.419 e. The number of hydrogen-bond donors (Lipinski definition) is 1. The highest BCUT2D eigenvalue weighted by atomic mass is 19.4. The van der Waals surface area contributed by atoms with Gasteiger partial charge in [0, 0.05) is 6.07 Å². The van der Waals surface area contributed by atoms with Gasteiger partial charge in [-0.3, -0.25) is 0 Å². The van der Waals surface area contributed by atoms with Crippen molar-refractivity contribution in [3.8, 4) is 11.5 Å². The number of halogens is 3. The molecule has 1 aromatic rings. The van der Waals surface area contributed by atoms with E-state index in [-0.39, 0.29) is 18.1 Å². The van der Waals surface area contributed by atoms with E-state index in [2.05, 4.69) is 0 Å². The van der Waals surface area contributed by atoms with Gasteiger partial charge in [-0.1, -0.05) is 0 Å². The molecule has 0 unspecified atom stereocenters. The fourth-order valence-corrected chi connectivity index (χ4v) is 1.36. The molecule has 0 bridgehead atoms. The molecular formula is C11H11F3O2. The summed E-state index contributed by atoms with van der Waals surface area (Å²) in [6.45, 7) is 0.284.